The Kier molecular flexibility index (Phi) is 4.25. The predicted octanol–water partition coefficient (Wildman–Crippen LogP) is 1.25. The molecule has 1 atom stereocenters. The van der Waals surface area contributed by atoms with Crippen molar-refractivity contribution in [3.8, 4) is 0 Å². The van der Waals surface area contributed by atoms with Crippen LogP contribution >= 0.6 is 0 Å². The van der Waals surface area contributed by atoms with Crippen molar-refractivity contribution in [3.63, 3.8) is 0 Å². The molecule has 0 fully saturated rings. The van der Waals surface area contributed by atoms with Crippen LogP contribution in [0.25, 0.3) is 0 Å². The Balaban J connectivity index is 2.86. The van der Waals surface area contributed by atoms with Gasteiger partial charge in [-0.25, -0.2) is 9.78 Å². The number of ether oxygens (including phenoxy) is 1. The van der Waals surface area contributed by atoms with Crippen LogP contribution in [0.4, 0.5) is 5.82 Å². The molecule has 0 aliphatic carbocycles. The van der Waals surface area contributed by atoms with Crippen LogP contribution in [0.1, 0.15) is 17.3 Å². The van der Waals surface area contributed by atoms with Gasteiger partial charge in [0.15, 0.2) is 0 Å². The number of aromatic nitrogens is 1. The average Bonchev–Trinajstić information content (AvgIpc) is 2.28. The van der Waals surface area contributed by atoms with Crippen molar-refractivity contribution < 1.29 is 14.6 Å². The summed E-state index contributed by atoms with van der Waals surface area (Å²) in [7, 11) is 3.49. The molecule has 0 radical (unpaired) electrons. The third-order valence-electron chi connectivity index (χ3n) is 2.42. The molecule has 0 saturated carbocycles. The molecule has 5 heteroatoms. The van der Waals surface area contributed by atoms with Crippen LogP contribution < -0.4 is 4.90 Å². The Hall–Kier alpha value is -1.62. The van der Waals surface area contributed by atoms with E-state index >= 15 is 0 Å². The SMILES string of the molecule is COCC(C)N(C)c1cc(C(=O)O)ccn1. The zero-order chi connectivity index (χ0) is 12.1. The number of pyridine rings is 1. The minimum absolute atomic E-state index is 0.140. The van der Waals surface area contributed by atoms with Crippen LogP contribution in [0.5, 0.6) is 0 Å². The molecule has 1 unspecified atom stereocenters. The third-order valence-corrected chi connectivity index (χ3v) is 2.42. The Morgan fingerprint density at radius 1 is 1.69 bits per heavy atom. The number of rotatable bonds is 5. The van der Waals surface area contributed by atoms with Crippen LogP contribution in [0.15, 0.2) is 18.3 Å². The topological polar surface area (TPSA) is 62.7 Å². The first kappa shape index (κ1) is 12.4. The molecule has 1 N–H and O–H groups in total. The molecule has 1 heterocycles. The van der Waals surface area contributed by atoms with Crippen LogP contribution in [0.2, 0.25) is 0 Å². The zero-order valence-corrected chi connectivity index (χ0v) is 9.67. The highest BCUT2D eigenvalue weighted by molar-refractivity contribution is 5.88. The van der Waals surface area contributed by atoms with E-state index in [0.717, 1.165) is 0 Å². The van der Waals surface area contributed by atoms with Gasteiger partial charge in [0.1, 0.15) is 5.82 Å². The molecule has 1 aromatic rings. The first-order valence-electron chi connectivity index (χ1n) is 4.97. The number of methoxy groups -OCH3 is 1. The molecule has 5 nitrogen and oxygen atoms in total. The van der Waals surface area contributed by atoms with E-state index < -0.39 is 5.97 Å². The van der Waals surface area contributed by atoms with Gasteiger partial charge in [-0.2, -0.15) is 0 Å². The quantitative estimate of drug-likeness (QED) is 0.815. The standard InChI is InChI=1S/C11H16N2O3/c1-8(7-16-3)13(2)10-6-9(11(14)15)4-5-12-10/h4-6,8H,7H2,1-3H3,(H,14,15). The molecular weight excluding hydrogens is 208 g/mol. The maximum Gasteiger partial charge on any atom is 0.335 e. The molecule has 1 rings (SSSR count). The Bertz CT molecular complexity index is 368. The number of nitrogens with zero attached hydrogens (tertiary/aromatic N) is 2. The van der Waals surface area contributed by atoms with Gasteiger partial charge < -0.3 is 14.7 Å². The van der Waals surface area contributed by atoms with E-state index in [1.807, 2.05) is 18.9 Å². The van der Waals surface area contributed by atoms with Gasteiger partial charge in [-0.3, -0.25) is 0 Å². The second-order valence-corrected chi connectivity index (χ2v) is 3.62. The second kappa shape index (κ2) is 5.46. The van der Waals surface area contributed by atoms with E-state index in [1.54, 1.807) is 13.2 Å². The van der Waals surface area contributed by atoms with Gasteiger partial charge >= 0.3 is 5.97 Å². The van der Waals surface area contributed by atoms with Crippen molar-refractivity contribution in [2.45, 2.75) is 13.0 Å². The molecule has 0 bridgehead atoms. The molecule has 0 aromatic carbocycles. The minimum Gasteiger partial charge on any atom is -0.478 e. The summed E-state index contributed by atoms with van der Waals surface area (Å²) >= 11 is 0. The van der Waals surface area contributed by atoms with Crippen molar-refractivity contribution in [1.82, 2.24) is 4.98 Å². The normalized spacial score (nSPS) is 12.2. The zero-order valence-electron chi connectivity index (χ0n) is 9.67. The maximum absolute atomic E-state index is 10.8. The Morgan fingerprint density at radius 3 is 2.94 bits per heavy atom. The van der Waals surface area contributed by atoms with Crippen molar-refractivity contribution in [3.05, 3.63) is 23.9 Å². The highest BCUT2D eigenvalue weighted by Crippen LogP contribution is 2.13. The van der Waals surface area contributed by atoms with Gasteiger partial charge in [0.2, 0.25) is 0 Å². The van der Waals surface area contributed by atoms with E-state index in [9.17, 15) is 4.79 Å². The lowest BCUT2D eigenvalue weighted by Gasteiger charge is -2.25. The van der Waals surface area contributed by atoms with E-state index in [4.69, 9.17) is 9.84 Å². The van der Waals surface area contributed by atoms with Gasteiger partial charge in [0.05, 0.1) is 18.2 Å². The summed E-state index contributed by atoms with van der Waals surface area (Å²) in [5, 5.41) is 8.86. The molecule has 88 valence electrons. The van der Waals surface area contributed by atoms with Crippen LogP contribution in [0.3, 0.4) is 0 Å². The maximum atomic E-state index is 10.8. The number of anilines is 1. The largest absolute Gasteiger partial charge is 0.478 e. The lowest BCUT2D eigenvalue weighted by atomic mass is 10.2. The summed E-state index contributed by atoms with van der Waals surface area (Å²) < 4.78 is 5.04. The van der Waals surface area contributed by atoms with Crippen molar-refractivity contribution in [2.24, 2.45) is 0 Å². The molecule has 0 aliphatic heterocycles. The van der Waals surface area contributed by atoms with Gasteiger partial charge in [0, 0.05) is 20.4 Å². The number of carboxylic acid groups (broad SMARTS) is 1. The molecule has 0 spiro atoms. The van der Waals surface area contributed by atoms with Crippen molar-refractivity contribution in [1.29, 1.82) is 0 Å². The number of likely N-dealkylation sites (N-methyl/N-ethyl adjacent to an activating group) is 1. The number of aromatic carboxylic acids is 1. The van der Waals surface area contributed by atoms with Gasteiger partial charge in [-0.05, 0) is 19.1 Å². The molecule has 0 amide bonds. The van der Waals surface area contributed by atoms with E-state index in [0.29, 0.717) is 12.4 Å². The van der Waals surface area contributed by atoms with Crippen molar-refractivity contribution >= 4 is 11.8 Å². The average molecular weight is 224 g/mol. The Morgan fingerprint density at radius 2 is 2.38 bits per heavy atom. The lowest BCUT2D eigenvalue weighted by molar-refractivity contribution is 0.0697. The second-order valence-electron chi connectivity index (χ2n) is 3.62. The highest BCUT2D eigenvalue weighted by atomic mass is 16.5. The number of hydrogen-bond donors (Lipinski definition) is 1. The summed E-state index contributed by atoms with van der Waals surface area (Å²) in [6, 6.07) is 3.16. The fourth-order valence-corrected chi connectivity index (χ4v) is 1.32. The van der Waals surface area contributed by atoms with Crippen molar-refractivity contribution in [2.75, 3.05) is 25.7 Å². The first-order chi connectivity index (χ1) is 7.56. The number of carboxylic acids is 1. The summed E-state index contributed by atoms with van der Waals surface area (Å²) in [5.74, 6) is -0.319. The highest BCUT2D eigenvalue weighted by Gasteiger charge is 2.12. The predicted molar refractivity (Wildman–Crippen MR) is 60.9 cm³/mol. The molecule has 0 saturated heterocycles. The molecular formula is C11H16N2O3. The van der Waals surface area contributed by atoms with E-state index in [2.05, 4.69) is 4.98 Å². The van der Waals surface area contributed by atoms with Gasteiger partial charge in [-0.15, -0.1) is 0 Å². The number of hydrogen-bond acceptors (Lipinski definition) is 4. The fourth-order valence-electron chi connectivity index (χ4n) is 1.32. The van der Waals surface area contributed by atoms with Crippen LogP contribution in [0, 0.1) is 0 Å². The Labute approximate surface area is 94.7 Å². The van der Waals surface area contributed by atoms with Gasteiger partial charge in [-0.1, -0.05) is 0 Å². The summed E-state index contributed by atoms with van der Waals surface area (Å²) in [6.45, 7) is 2.55. The lowest BCUT2D eigenvalue weighted by Crippen LogP contribution is -2.33. The monoisotopic (exact) mass is 224 g/mol. The van der Waals surface area contributed by atoms with Crippen LogP contribution in [-0.2, 0) is 4.74 Å². The summed E-state index contributed by atoms with van der Waals surface area (Å²) in [4.78, 5) is 16.8. The van der Waals surface area contributed by atoms with Gasteiger partial charge in [0.25, 0.3) is 0 Å². The van der Waals surface area contributed by atoms with E-state index in [-0.39, 0.29) is 11.6 Å². The minimum atomic E-state index is -0.948. The smallest absolute Gasteiger partial charge is 0.335 e. The molecule has 1 aromatic heterocycles. The summed E-state index contributed by atoms with van der Waals surface area (Å²) in [5.41, 5.74) is 0.237. The molecule has 0 aliphatic rings. The summed E-state index contributed by atoms with van der Waals surface area (Å²) in [6.07, 6.45) is 1.49. The third kappa shape index (κ3) is 2.93. The van der Waals surface area contributed by atoms with E-state index in [1.165, 1.54) is 12.3 Å². The number of carbonyl (C=O) groups is 1. The first-order valence-corrected chi connectivity index (χ1v) is 4.97. The fraction of sp³-hybridized carbons (Fsp3) is 0.455. The van der Waals surface area contributed by atoms with Crippen LogP contribution in [-0.4, -0.2) is 42.9 Å². The molecule has 16 heavy (non-hydrogen) atoms.